The van der Waals surface area contributed by atoms with Gasteiger partial charge in [0.15, 0.2) is 0 Å². The molecule has 0 aliphatic heterocycles. The fourth-order valence-electron chi connectivity index (χ4n) is 1.55. The van der Waals surface area contributed by atoms with Crippen molar-refractivity contribution >= 4 is 23.4 Å². The normalized spacial score (nSPS) is 11.7. The molecule has 0 aliphatic carbocycles. The molecule has 2 N–H and O–H groups in total. The lowest BCUT2D eigenvalue weighted by Crippen LogP contribution is -2.05. The summed E-state index contributed by atoms with van der Waals surface area (Å²) in [5.74, 6) is 0. The van der Waals surface area contributed by atoms with E-state index in [-0.39, 0.29) is 6.54 Å². The van der Waals surface area contributed by atoms with Crippen LogP contribution in [0.5, 0.6) is 0 Å². The number of hydrogen-bond acceptors (Lipinski definition) is 3. The molecule has 0 atom stereocenters. The van der Waals surface area contributed by atoms with Gasteiger partial charge in [-0.1, -0.05) is 29.4 Å². The summed E-state index contributed by atoms with van der Waals surface area (Å²) in [6.45, 7) is 0.253. The molecule has 0 spiro atoms. The maximum Gasteiger partial charge on any atom is 0.417 e. The van der Waals surface area contributed by atoms with E-state index >= 15 is 0 Å². The second-order valence-corrected chi connectivity index (χ2v) is 5.38. The number of halogens is 4. The number of rotatable bonds is 3. The Labute approximate surface area is 123 Å². The van der Waals surface area contributed by atoms with E-state index in [1.807, 2.05) is 0 Å². The van der Waals surface area contributed by atoms with Gasteiger partial charge >= 0.3 is 6.18 Å². The lowest BCUT2D eigenvalue weighted by atomic mass is 10.2. The summed E-state index contributed by atoms with van der Waals surface area (Å²) in [6, 6.07) is 7.61. The molecule has 1 heterocycles. The molecule has 0 amide bonds. The summed E-state index contributed by atoms with van der Waals surface area (Å²) < 4.78 is 37.3. The Hall–Kier alpha value is -1.24. The third-order valence-corrected chi connectivity index (χ3v) is 3.97. The second kappa shape index (κ2) is 6.03. The highest BCUT2D eigenvalue weighted by Gasteiger charge is 2.30. The summed E-state index contributed by atoms with van der Waals surface area (Å²) in [5, 5.41) is 0.986. The van der Waals surface area contributed by atoms with E-state index < -0.39 is 11.7 Å². The van der Waals surface area contributed by atoms with E-state index in [0.717, 1.165) is 22.7 Å². The zero-order valence-electron chi connectivity index (χ0n) is 10.1. The Morgan fingerprint density at radius 2 is 1.95 bits per heavy atom. The van der Waals surface area contributed by atoms with Gasteiger partial charge in [0.05, 0.1) is 5.56 Å². The molecular formula is C13H10ClF3N2S. The van der Waals surface area contributed by atoms with Crippen molar-refractivity contribution in [1.29, 1.82) is 0 Å². The summed E-state index contributed by atoms with van der Waals surface area (Å²) >= 11 is 7.25. The van der Waals surface area contributed by atoms with Crippen LogP contribution in [0, 0.1) is 0 Å². The first-order valence-corrected chi connectivity index (χ1v) is 6.80. The number of aromatic nitrogens is 1. The number of pyridine rings is 1. The van der Waals surface area contributed by atoms with Crippen molar-refractivity contribution in [1.82, 2.24) is 4.98 Å². The van der Waals surface area contributed by atoms with Gasteiger partial charge in [0.25, 0.3) is 0 Å². The van der Waals surface area contributed by atoms with Crippen molar-refractivity contribution in [3.63, 3.8) is 0 Å². The zero-order valence-corrected chi connectivity index (χ0v) is 11.7. The van der Waals surface area contributed by atoms with Gasteiger partial charge in [-0.25, -0.2) is 4.98 Å². The first-order chi connectivity index (χ1) is 9.41. The molecule has 0 radical (unpaired) electrons. The van der Waals surface area contributed by atoms with E-state index in [4.69, 9.17) is 17.3 Å². The van der Waals surface area contributed by atoms with E-state index in [0.29, 0.717) is 10.0 Å². The van der Waals surface area contributed by atoms with Gasteiger partial charge in [0, 0.05) is 22.7 Å². The van der Waals surface area contributed by atoms with Gasteiger partial charge in [0.2, 0.25) is 0 Å². The minimum atomic E-state index is -4.38. The standard InChI is InChI=1S/C13H10ClF3N2S/c14-10-2-1-3-11(9(10)6-18)20-12-5-4-8(7-19-12)13(15,16)17/h1-5,7H,6,18H2. The van der Waals surface area contributed by atoms with Gasteiger partial charge in [-0.3, -0.25) is 0 Å². The topological polar surface area (TPSA) is 38.9 Å². The Kier molecular flexibility index (Phi) is 4.57. The quantitative estimate of drug-likeness (QED) is 0.913. The van der Waals surface area contributed by atoms with Gasteiger partial charge in [0.1, 0.15) is 5.03 Å². The van der Waals surface area contributed by atoms with Crippen molar-refractivity contribution in [2.24, 2.45) is 5.73 Å². The van der Waals surface area contributed by atoms with E-state index in [9.17, 15) is 13.2 Å². The molecular weight excluding hydrogens is 309 g/mol. The van der Waals surface area contributed by atoms with Crippen molar-refractivity contribution in [2.45, 2.75) is 22.6 Å². The summed E-state index contributed by atoms with van der Waals surface area (Å²) in [5.41, 5.74) is 5.60. The number of alkyl halides is 3. The molecule has 0 unspecified atom stereocenters. The fraction of sp³-hybridized carbons (Fsp3) is 0.154. The molecule has 0 aliphatic rings. The van der Waals surface area contributed by atoms with Crippen LogP contribution in [0.4, 0.5) is 13.2 Å². The minimum Gasteiger partial charge on any atom is -0.326 e. The average molecular weight is 319 g/mol. The number of benzene rings is 1. The third kappa shape index (κ3) is 3.45. The molecule has 0 bridgehead atoms. The summed E-state index contributed by atoms with van der Waals surface area (Å²) in [7, 11) is 0. The van der Waals surface area contributed by atoms with Crippen molar-refractivity contribution in [3.8, 4) is 0 Å². The molecule has 0 fully saturated rings. The highest BCUT2D eigenvalue weighted by molar-refractivity contribution is 7.99. The first-order valence-electron chi connectivity index (χ1n) is 5.60. The summed E-state index contributed by atoms with van der Waals surface area (Å²) in [4.78, 5) is 4.59. The van der Waals surface area contributed by atoms with Crippen LogP contribution in [-0.4, -0.2) is 4.98 Å². The zero-order chi connectivity index (χ0) is 14.8. The molecule has 2 rings (SSSR count). The van der Waals surface area contributed by atoms with E-state index in [1.54, 1.807) is 18.2 Å². The first kappa shape index (κ1) is 15.2. The van der Waals surface area contributed by atoms with Crippen molar-refractivity contribution in [2.75, 3.05) is 0 Å². The van der Waals surface area contributed by atoms with Crippen LogP contribution in [0.1, 0.15) is 11.1 Å². The molecule has 0 saturated carbocycles. The van der Waals surface area contributed by atoms with Crippen LogP contribution in [0.15, 0.2) is 46.5 Å². The fourth-order valence-corrected chi connectivity index (χ4v) is 2.79. The highest BCUT2D eigenvalue weighted by atomic mass is 35.5. The van der Waals surface area contributed by atoms with Crippen LogP contribution in [0.2, 0.25) is 5.02 Å². The van der Waals surface area contributed by atoms with E-state index in [1.165, 1.54) is 17.8 Å². The van der Waals surface area contributed by atoms with Crippen LogP contribution < -0.4 is 5.73 Å². The number of nitrogens with two attached hydrogens (primary N) is 1. The Morgan fingerprint density at radius 3 is 2.50 bits per heavy atom. The predicted octanol–water partition coefficient (Wildman–Crippen LogP) is 4.36. The molecule has 1 aromatic heterocycles. The lowest BCUT2D eigenvalue weighted by Gasteiger charge is -2.10. The second-order valence-electron chi connectivity index (χ2n) is 3.91. The van der Waals surface area contributed by atoms with Crippen LogP contribution in [-0.2, 0) is 12.7 Å². The van der Waals surface area contributed by atoms with E-state index in [2.05, 4.69) is 4.98 Å². The largest absolute Gasteiger partial charge is 0.417 e. The van der Waals surface area contributed by atoms with Gasteiger partial charge in [-0.05, 0) is 29.8 Å². The molecule has 2 nitrogen and oxygen atoms in total. The minimum absolute atomic E-state index is 0.253. The maximum absolute atomic E-state index is 12.4. The number of nitrogens with zero attached hydrogens (tertiary/aromatic N) is 1. The molecule has 1 aromatic carbocycles. The maximum atomic E-state index is 12.4. The van der Waals surface area contributed by atoms with Crippen LogP contribution >= 0.6 is 23.4 Å². The molecule has 20 heavy (non-hydrogen) atoms. The Balaban J connectivity index is 2.25. The van der Waals surface area contributed by atoms with Gasteiger partial charge in [-0.15, -0.1) is 0 Å². The lowest BCUT2D eigenvalue weighted by molar-refractivity contribution is -0.137. The van der Waals surface area contributed by atoms with Gasteiger partial charge < -0.3 is 5.73 Å². The van der Waals surface area contributed by atoms with Crippen LogP contribution in [0.3, 0.4) is 0 Å². The summed E-state index contributed by atoms with van der Waals surface area (Å²) in [6.07, 6.45) is -3.57. The van der Waals surface area contributed by atoms with Crippen molar-refractivity contribution < 1.29 is 13.2 Å². The monoisotopic (exact) mass is 318 g/mol. The van der Waals surface area contributed by atoms with Gasteiger partial charge in [-0.2, -0.15) is 13.2 Å². The predicted molar refractivity (Wildman–Crippen MR) is 72.7 cm³/mol. The van der Waals surface area contributed by atoms with Crippen molar-refractivity contribution in [3.05, 3.63) is 52.7 Å². The Morgan fingerprint density at radius 1 is 1.20 bits per heavy atom. The SMILES string of the molecule is NCc1c(Cl)cccc1Sc1ccc(C(F)(F)F)cn1. The average Bonchev–Trinajstić information content (AvgIpc) is 2.38. The smallest absolute Gasteiger partial charge is 0.326 e. The molecule has 106 valence electrons. The van der Waals surface area contributed by atoms with Crippen LogP contribution in [0.25, 0.3) is 0 Å². The highest BCUT2D eigenvalue weighted by Crippen LogP contribution is 2.34. The molecule has 0 saturated heterocycles. The molecule has 2 aromatic rings. The number of hydrogen-bond donors (Lipinski definition) is 1. The third-order valence-electron chi connectivity index (χ3n) is 2.56. The Bertz CT molecular complexity index is 600. The molecule has 7 heteroatoms.